The predicted octanol–water partition coefficient (Wildman–Crippen LogP) is 2.15. The highest BCUT2D eigenvalue weighted by Gasteiger charge is 2.28. The van der Waals surface area contributed by atoms with Crippen LogP contribution < -0.4 is 0 Å². The summed E-state index contributed by atoms with van der Waals surface area (Å²) in [6.07, 6.45) is 3.84. The van der Waals surface area contributed by atoms with Gasteiger partial charge < -0.3 is 9.15 Å². The van der Waals surface area contributed by atoms with Crippen molar-refractivity contribution >= 4 is 0 Å². The van der Waals surface area contributed by atoms with Crippen molar-refractivity contribution in [2.24, 2.45) is 7.05 Å². The molecule has 2 aromatic rings. The number of nitrogens with zero attached hydrogens (tertiary/aromatic N) is 3. The molecule has 0 amide bonds. The summed E-state index contributed by atoms with van der Waals surface area (Å²) in [4.78, 5) is 2.40. The van der Waals surface area contributed by atoms with E-state index in [1.807, 2.05) is 30.8 Å². The number of furan rings is 1. The topological polar surface area (TPSA) is 43.4 Å². The molecule has 0 saturated heterocycles. The minimum Gasteiger partial charge on any atom is -0.468 e. The summed E-state index contributed by atoms with van der Waals surface area (Å²) in [5, 5.41) is 4.60. The summed E-state index contributed by atoms with van der Waals surface area (Å²) in [7, 11) is 1.98. The molecular formula is C15H21N3O2. The summed E-state index contributed by atoms with van der Waals surface area (Å²) in [6.45, 7) is 6.23. The van der Waals surface area contributed by atoms with Gasteiger partial charge in [0, 0.05) is 44.4 Å². The summed E-state index contributed by atoms with van der Waals surface area (Å²) >= 11 is 0. The molecule has 0 spiro atoms. The third kappa shape index (κ3) is 2.78. The summed E-state index contributed by atoms with van der Waals surface area (Å²) in [5.74, 6) is 1.35. The first-order valence-corrected chi connectivity index (χ1v) is 7.11. The quantitative estimate of drug-likeness (QED) is 0.838. The van der Waals surface area contributed by atoms with Crippen LogP contribution in [0.1, 0.15) is 29.9 Å². The Morgan fingerprint density at radius 2 is 2.40 bits per heavy atom. The van der Waals surface area contributed by atoms with Gasteiger partial charge in [-0.15, -0.1) is 0 Å². The Hall–Kier alpha value is -1.59. The zero-order valence-corrected chi connectivity index (χ0v) is 12.1. The molecule has 0 N–H and O–H groups in total. The Balaban J connectivity index is 1.76. The first-order valence-electron chi connectivity index (χ1n) is 7.11. The second-order valence-corrected chi connectivity index (χ2v) is 5.32. The SMILES string of the molecule is CCOC[C@H]1CN(Cc2ccco2)Cc2cn(C)nc21. The standard InChI is InChI=1S/C15H21N3O2/c1-3-19-11-13-9-18(10-14-5-4-6-20-14)8-12-7-17(2)16-15(12)13/h4-7,13H,3,8-11H2,1-2H3/t13-/m1/s1. The minimum absolute atomic E-state index is 0.342. The molecule has 1 atom stereocenters. The smallest absolute Gasteiger partial charge is 0.117 e. The van der Waals surface area contributed by atoms with E-state index in [4.69, 9.17) is 9.15 Å². The molecule has 0 aromatic carbocycles. The van der Waals surface area contributed by atoms with E-state index >= 15 is 0 Å². The summed E-state index contributed by atoms with van der Waals surface area (Å²) < 4.78 is 13.0. The minimum atomic E-state index is 0.342. The molecule has 108 valence electrons. The molecule has 2 aromatic heterocycles. The van der Waals surface area contributed by atoms with E-state index in [9.17, 15) is 0 Å². The van der Waals surface area contributed by atoms with Gasteiger partial charge in [0.05, 0.1) is 25.1 Å². The highest BCUT2D eigenvalue weighted by molar-refractivity contribution is 5.24. The van der Waals surface area contributed by atoms with Gasteiger partial charge >= 0.3 is 0 Å². The Kier molecular flexibility index (Phi) is 3.89. The predicted molar refractivity (Wildman–Crippen MR) is 75.3 cm³/mol. The largest absolute Gasteiger partial charge is 0.468 e. The normalized spacial score (nSPS) is 19.2. The molecule has 0 fully saturated rings. The number of aryl methyl sites for hydroxylation is 1. The fraction of sp³-hybridized carbons (Fsp3) is 0.533. The lowest BCUT2D eigenvalue weighted by Gasteiger charge is -2.31. The molecule has 5 heteroatoms. The van der Waals surface area contributed by atoms with Crippen LogP contribution in [0.15, 0.2) is 29.0 Å². The van der Waals surface area contributed by atoms with Crippen molar-refractivity contribution in [2.75, 3.05) is 19.8 Å². The molecule has 0 aliphatic carbocycles. The van der Waals surface area contributed by atoms with Gasteiger partial charge in [-0.3, -0.25) is 9.58 Å². The van der Waals surface area contributed by atoms with Gasteiger partial charge in [0.1, 0.15) is 5.76 Å². The van der Waals surface area contributed by atoms with E-state index in [0.717, 1.165) is 38.6 Å². The number of ether oxygens (including phenoxy) is 1. The van der Waals surface area contributed by atoms with Crippen molar-refractivity contribution < 1.29 is 9.15 Å². The zero-order chi connectivity index (χ0) is 13.9. The Morgan fingerprint density at radius 3 is 3.15 bits per heavy atom. The Labute approximate surface area is 119 Å². The van der Waals surface area contributed by atoms with E-state index in [1.54, 1.807) is 6.26 Å². The van der Waals surface area contributed by atoms with Crippen LogP contribution in [0.25, 0.3) is 0 Å². The van der Waals surface area contributed by atoms with Gasteiger partial charge in [0.2, 0.25) is 0 Å². The third-order valence-corrected chi connectivity index (χ3v) is 3.68. The van der Waals surface area contributed by atoms with Crippen molar-refractivity contribution in [3.63, 3.8) is 0 Å². The van der Waals surface area contributed by atoms with Gasteiger partial charge in [-0.2, -0.15) is 5.10 Å². The highest BCUT2D eigenvalue weighted by Crippen LogP contribution is 2.28. The number of hydrogen-bond donors (Lipinski definition) is 0. The van der Waals surface area contributed by atoms with Crippen LogP contribution in [0.3, 0.4) is 0 Å². The van der Waals surface area contributed by atoms with Gasteiger partial charge in [-0.25, -0.2) is 0 Å². The molecule has 3 rings (SSSR count). The van der Waals surface area contributed by atoms with Crippen LogP contribution >= 0.6 is 0 Å². The van der Waals surface area contributed by atoms with E-state index < -0.39 is 0 Å². The van der Waals surface area contributed by atoms with Crippen LogP contribution in [0.4, 0.5) is 0 Å². The molecule has 0 bridgehead atoms. The van der Waals surface area contributed by atoms with Crippen molar-refractivity contribution in [1.82, 2.24) is 14.7 Å². The summed E-state index contributed by atoms with van der Waals surface area (Å²) in [5.41, 5.74) is 2.49. The van der Waals surface area contributed by atoms with Gasteiger partial charge in [-0.05, 0) is 19.1 Å². The van der Waals surface area contributed by atoms with Gasteiger partial charge in [-0.1, -0.05) is 0 Å². The molecular weight excluding hydrogens is 254 g/mol. The highest BCUT2D eigenvalue weighted by atomic mass is 16.5. The monoisotopic (exact) mass is 275 g/mol. The Bertz CT molecular complexity index is 547. The molecule has 1 aliphatic heterocycles. The molecule has 0 unspecified atom stereocenters. The number of rotatable bonds is 5. The van der Waals surface area contributed by atoms with Crippen LogP contribution in [0.2, 0.25) is 0 Å². The van der Waals surface area contributed by atoms with E-state index in [0.29, 0.717) is 5.92 Å². The second kappa shape index (κ2) is 5.81. The van der Waals surface area contributed by atoms with Crippen LogP contribution in [-0.2, 0) is 24.9 Å². The van der Waals surface area contributed by atoms with Crippen molar-refractivity contribution in [3.05, 3.63) is 41.6 Å². The zero-order valence-electron chi connectivity index (χ0n) is 12.1. The lowest BCUT2D eigenvalue weighted by Crippen LogP contribution is -2.34. The number of hydrogen-bond acceptors (Lipinski definition) is 4. The molecule has 0 radical (unpaired) electrons. The number of fused-ring (bicyclic) bond motifs is 1. The molecule has 1 aliphatic rings. The third-order valence-electron chi connectivity index (χ3n) is 3.68. The average Bonchev–Trinajstić information content (AvgIpc) is 3.04. The second-order valence-electron chi connectivity index (χ2n) is 5.32. The molecule has 20 heavy (non-hydrogen) atoms. The maximum absolute atomic E-state index is 5.62. The van der Waals surface area contributed by atoms with E-state index in [-0.39, 0.29) is 0 Å². The van der Waals surface area contributed by atoms with Crippen LogP contribution in [0, 0.1) is 0 Å². The average molecular weight is 275 g/mol. The molecule has 5 nitrogen and oxygen atoms in total. The lowest BCUT2D eigenvalue weighted by atomic mass is 9.97. The van der Waals surface area contributed by atoms with Gasteiger partial charge in [0.25, 0.3) is 0 Å². The maximum atomic E-state index is 5.62. The van der Waals surface area contributed by atoms with E-state index in [2.05, 4.69) is 16.2 Å². The molecule has 3 heterocycles. The fourth-order valence-corrected chi connectivity index (χ4v) is 2.86. The van der Waals surface area contributed by atoms with Crippen molar-refractivity contribution in [2.45, 2.75) is 25.9 Å². The van der Waals surface area contributed by atoms with E-state index in [1.165, 1.54) is 11.3 Å². The molecule has 0 saturated carbocycles. The lowest BCUT2D eigenvalue weighted by molar-refractivity contribution is 0.101. The number of aromatic nitrogens is 2. The van der Waals surface area contributed by atoms with Crippen molar-refractivity contribution in [3.8, 4) is 0 Å². The first-order chi connectivity index (χ1) is 9.76. The van der Waals surface area contributed by atoms with Gasteiger partial charge in [0.15, 0.2) is 0 Å². The van der Waals surface area contributed by atoms with Crippen molar-refractivity contribution in [1.29, 1.82) is 0 Å². The summed E-state index contributed by atoms with van der Waals surface area (Å²) in [6, 6.07) is 3.96. The first kappa shape index (κ1) is 13.4. The van der Waals surface area contributed by atoms with Crippen LogP contribution in [0.5, 0.6) is 0 Å². The maximum Gasteiger partial charge on any atom is 0.117 e. The fourth-order valence-electron chi connectivity index (χ4n) is 2.86. The van der Waals surface area contributed by atoms with Crippen LogP contribution in [-0.4, -0.2) is 34.4 Å². The Morgan fingerprint density at radius 1 is 1.50 bits per heavy atom.